The number of aliphatic hydroxyl groups excluding tert-OH is 1. The number of anilines is 1. The molecule has 0 unspecified atom stereocenters. The highest BCUT2D eigenvalue weighted by molar-refractivity contribution is 7.92. The topological polar surface area (TPSA) is 92.7 Å². The second kappa shape index (κ2) is 6.80. The third kappa shape index (κ3) is 3.69. The molecule has 7 heteroatoms. The summed E-state index contributed by atoms with van der Waals surface area (Å²) in [5.74, 6) is -0.730. The van der Waals surface area contributed by atoms with E-state index < -0.39 is 16.0 Å². The van der Waals surface area contributed by atoms with E-state index in [2.05, 4.69) is 9.46 Å². The lowest BCUT2D eigenvalue weighted by Gasteiger charge is -2.13. The Labute approximate surface area is 134 Å². The van der Waals surface area contributed by atoms with Crippen LogP contribution >= 0.6 is 0 Å². The molecule has 6 nitrogen and oxygen atoms in total. The fourth-order valence-corrected chi connectivity index (χ4v) is 3.37. The number of carbonyl (C=O) groups excluding carboxylic acids is 1. The maximum absolute atomic E-state index is 12.6. The Morgan fingerprint density at radius 2 is 1.91 bits per heavy atom. The van der Waals surface area contributed by atoms with E-state index in [-0.39, 0.29) is 17.1 Å². The SMILES string of the molecule is COC(=O)c1ccccc1S(=O)(=O)Nc1cc(CO)ccc1C. The predicted octanol–water partition coefficient (Wildman–Crippen LogP) is 2.07. The van der Waals surface area contributed by atoms with Crippen LogP contribution in [-0.2, 0) is 21.4 Å². The maximum atomic E-state index is 12.6. The molecule has 0 spiro atoms. The van der Waals surface area contributed by atoms with Crippen molar-refractivity contribution in [1.29, 1.82) is 0 Å². The zero-order valence-corrected chi connectivity index (χ0v) is 13.6. The van der Waals surface area contributed by atoms with E-state index in [9.17, 15) is 18.3 Å². The molecule has 122 valence electrons. The van der Waals surface area contributed by atoms with Crippen molar-refractivity contribution >= 4 is 21.7 Å². The number of esters is 1. The monoisotopic (exact) mass is 335 g/mol. The number of hydrogen-bond donors (Lipinski definition) is 2. The molecular formula is C16H17NO5S. The number of methoxy groups -OCH3 is 1. The first-order valence-electron chi connectivity index (χ1n) is 6.79. The van der Waals surface area contributed by atoms with Gasteiger partial charge in [-0.3, -0.25) is 4.72 Å². The summed E-state index contributed by atoms with van der Waals surface area (Å²) in [5, 5.41) is 9.18. The number of aliphatic hydroxyl groups is 1. The van der Waals surface area contributed by atoms with Crippen molar-refractivity contribution in [3.05, 3.63) is 59.2 Å². The summed E-state index contributed by atoms with van der Waals surface area (Å²) in [6.07, 6.45) is 0. The van der Waals surface area contributed by atoms with Crippen molar-refractivity contribution in [3.8, 4) is 0 Å². The molecule has 0 bridgehead atoms. The van der Waals surface area contributed by atoms with Gasteiger partial charge in [-0.1, -0.05) is 24.3 Å². The quantitative estimate of drug-likeness (QED) is 0.816. The second-order valence-corrected chi connectivity index (χ2v) is 6.55. The number of rotatable bonds is 5. The zero-order chi connectivity index (χ0) is 17.0. The van der Waals surface area contributed by atoms with Gasteiger partial charge in [-0.2, -0.15) is 0 Å². The van der Waals surface area contributed by atoms with Crippen molar-refractivity contribution in [2.75, 3.05) is 11.8 Å². The predicted molar refractivity (Wildman–Crippen MR) is 85.7 cm³/mol. The van der Waals surface area contributed by atoms with Gasteiger partial charge in [0.2, 0.25) is 0 Å². The van der Waals surface area contributed by atoms with Crippen LogP contribution in [0.5, 0.6) is 0 Å². The third-order valence-electron chi connectivity index (χ3n) is 3.31. The van der Waals surface area contributed by atoms with E-state index in [1.165, 1.54) is 25.3 Å². The Morgan fingerprint density at radius 1 is 1.22 bits per heavy atom. The standard InChI is InChI=1S/C16H17NO5S/c1-11-7-8-12(10-18)9-14(11)17-23(20,21)15-6-4-3-5-13(15)16(19)22-2/h3-9,17-18H,10H2,1-2H3. The average molecular weight is 335 g/mol. The maximum Gasteiger partial charge on any atom is 0.339 e. The molecule has 2 aromatic carbocycles. The normalized spacial score (nSPS) is 11.1. The van der Waals surface area contributed by atoms with E-state index in [0.29, 0.717) is 16.8 Å². The highest BCUT2D eigenvalue weighted by Crippen LogP contribution is 2.23. The highest BCUT2D eigenvalue weighted by atomic mass is 32.2. The molecule has 0 amide bonds. The number of benzene rings is 2. The molecule has 0 aliphatic rings. The van der Waals surface area contributed by atoms with Crippen molar-refractivity contribution in [2.24, 2.45) is 0 Å². The molecule has 0 radical (unpaired) electrons. The number of hydrogen-bond acceptors (Lipinski definition) is 5. The summed E-state index contributed by atoms with van der Waals surface area (Å²) in [5.41, 5.74) is 1.57. The number of ether oxygens (including phenoxy) is 1. The molecule has 23 heavy (non-hydrogen) atoms. The van der Waals surface area contributed by atoms with Crippen LogP contribution in [0.25, 0.3) is 0 Å². The molecule has 0 heterocycles. The summed E-state index contributed by atoms with van der Waals surface area (Å²) in [6.45, 7) is 1.54. The molecule has 2 aromatic rings. The van der Waals surface area contributed by atoms with Crippen LogP contribution < -0.4 is 4.72 Å². The van der Waals surface area contributed by atoms with Crippen LogP contribution in [0.3, 0.4) is 0 Å². The van der Waals surface area contributed by atoms with Gasteiger partial charge in [-0.15, -0.1) is 0 Å². The summed E-state index contributed by atoms with van der Waals surface area (Å²) < 4.78 is 32.3. The van der Waals surface area contributed by atoms with Gasteiger partial charge in [0.05, 0.1) is 25.0 Å². The van der Waals surface area contributed by atoms with Crippen molar-refractivity contribution in [2.45, 2.75) is 18.4 Å². The van der Waals surface area contributed by atoms with Crippen LogP contribution in [0.4, 0.5) is 5.69 Å². The van der Waals surface area contributed by atoms with Crippen LogP contribution in [-0.4, -0.2) is 26.6 Å². The molecule has 0 saturated heterocycles. The molecular weight excluding hydrogens is 318 g/mol. The highest BCUT2D eigenvalue weighted by Gasteiger charge is 2.23. The van der Waals surface area contributed by atoms with E-state index in [4.69, 9.17) is 0 Å². The Morgan fingerprint density at radius 3 is 2.57 bits per heavy atom. The van der Waals surface area contributed by atoms with Crippen molar-refractivity contribution < 1.29 is 23.1 Å². The minimum atomic E-state index is -3.98. The first-order chi connectivity index (χ1) is 10.9. The molecule has 0 fully saturated rings. The van der Waals surface area contributed by atoms with Gasteiger partial charge in [0.25, 0.3) is 10.0 Å². The summed E-state index contributed by atoms with van der Waals surface area (Å²) in [6, 6.07) is 10.8. The Kier molecular flexibility index (Phi) is 5.02. The Bertz CT molecular complexity index is 830. The van der Waals surface area contributed by atoms with Gasteiger partial charge in [-0.05, 0) is 36.2 Å². The van der Waals surface area contributed by atoms with Gasteiger partial charge in [0.1, 0.15) is 4.90 Å². The van der Waals surface area contributed by atoms with Gasteiger partial charge in [0.15, 0.2) is 0 Å². The van der Waals surface area contributed by atoms with E-state index in [1.54, 1.807) is 31.2 Å². The largest absolute Gasteiger partial charge is 0.465 e. The molecule has 0 saturated carbocycles. The fraction of sp³-hybridized carbons (Fsp3) is 0.188. The lowest BCUT2D eigenvalue weighted by molar-refractivity contribution is 0.0596. The van der Waals surface area contributed by atoms with Gasteiger partial charge >= 0.3 is 5.97 Å². The summed E-state index contributed by atoms with van der Waals surface area (Å²) in [4.78, 5) is 11.6. The number of carbonyl (C=O) groups is 1. The first kappa shape index (κ1) is 17.0. The second-order valence-electron chi connectivity index (χ2n) is 4.90. The Balaban J connectivity index is 2.47. The zero-order valence-electron chi connectivity index (χ0n) is 12.7. The van der Waals surface area contributed by atoms with Gasteiger partial charge in [-0.25, -0.2) is 13.2 Å². The van der Waals surface area contributed by atoms with E-state index in [1.807, 2.05) is 0 Å². The van der Waals surface area contributed by atoms with Crippen LogP contribution in [0.15, 0.2) is 47.4 Å². The Hall–Kier alpha value is -2.38. The van der Waals surface area contributed by atoms with E-state index in [0.717, 1.165) is 0 Å². The smallest absolute Gasteiger partial charge is 0.339 e. The number of aryl methyl sites for hydroxylation is 1. The number of nitrogens with one attached hydrogen (secondary N) is 1. The van der Waals surface area contributed by atoms with E-state index >= 15 is 0 Å². The van der Waals surface area contributed by atoms with Crippen LogP contribution in [0, 0.1) is 6.92 Å². The molecule has 0 aliphatic heterocycles. The average Bonchev–Trinajstić information content (AvgIpc) is 2.56. The first-order valence-corrected chi connectivity index (χ1v) is 8.28. The number of sulfonamides is 1. The minimum Gasteiger partial charge on any atom is -0.465 e. The molecule has 0 atom stereocenters. The molecule has 2 N–H and O–H groups in total. The fourth-order valence-electron chi connectivity index (χ4n) is 2.06. The third-order valence-corrected chi connectivity index (χ3v) is 4.73. The molecule has 2 rings (SSSR count). The van der Waals surface area contributed by atoms with Crippen molar-refractivity contribution in [3.63, 3.8) is 0 Å². The van der Waals surface area contributed by atoms with Gasteiger partial charge < -0.3 is 9.84 Å². The van der Waals surface area contributed by atoms with Crippen LogP contribution in [0.1, 0.15) is 21.5 Å². The van der Waals surface area contributed by atoms with Crippen molar-refractivity contribution in [1.82, 2.24) is 0 Å². The van der Waals surface area contributed by atoms with Crippen LogP contribution in [0.2, 0.25) is 0 Å². The minimum absolute atomic E-state index is 0.0431. The lowest BCUT2D eigenvalue weighted by atomic mass is 10.1. The summed E-state index contributed by atoms with van der Waals surface area (Å²) in [7, 11) is -2.79. The lowest BCUT2D eigenvalue weighted by Crippen LogP contribution is -2.18. The molecule has 0 aliphatic carbocycles. The summed E-state index contributed by atoms with van der Waals surface area (Å²) >= 11 is 0. The molecule has 0 aromatic heterocycles. The van der Waals surface area contributed by atoms with Gasteiger partial charge in [0, 0.05) is 0 Å².